The Bertz CT molecular complexity index is 796. The summed E-state index contributed by atoms with van der Waals surface area (Å²) in [6, 6.07) is 0. The molecule has 3 atom stereocenters. The van der Waals surface area contributed by atoms with Crippen LogP contribution in [0.4, 0.5) is 74.6 Å². The minimum absolute atomic E-state index is 3.87. The molecule has 0 bridgehead atoms. The summed E-state index contributed by atoms with van der Waals surface area (Å²) >= 11 is 3.87. The molecule has 0 aromatic rings. The third-order valence-corrected chi connectivity index (χ3v) is 5.18. The van der Waals surface area contributed by atoms with E-state index in [-0.39, 0.29) is 0 Å². The number of rotatable bonds is 1. The largest absolute Gasteiger partial charge is 0.382 e. The van der Waals surface area contributed by atoms with E-state index in [9.17, 15) is 79.4 Å². The van der Waals surface area contributed by atoms with E-state index in [1.54, 1.807) is 0 Å². The lowest BCUT2D eigenvalue weighted by Gasteiger charge is -2.64. The van der Waals surface area contributed by atoms with Crippen LogP contribution < -0.4 is 0 Å². The zero-order valence-corrected chi connectivity index (χ0v) is 13.5. The molecule has 0 N–H and O–H groups in total. The number of carbonyl (C=O) groups is 1. The lowest BCUT2D eigenvalue weighted by Crippen LogP contribution is -2.99. The molecule has 0 amide bonds. The maximum atomic E-state index is 14.8. The minimum atomic E-state index is -8.59. The van der Waals surface area contributed by atoms with Crippen LogP contribution in [0.2, 0.25) is 0 Å². The van der Waals surface area contributed by atoms with Gasteiger partial charge in [0.25, 0.3) is 22.2 Å². The Morgan fingerprint density at radius 1 is 0.400 bits per heavy atom. The second kappa shape index (κ2) is 5.22. The SMILES string of the molecule is O=C(Cl)C1(F)C(F)(F)C(F)(F)C(F)(F)C2(F)C(F)(F)C(F)(F)C(F)(F)C(F)(F)C12F. The van der Waals surface area contributed by atoms with Crippen LogP contribution in [0, 0.1) is 0 Å². The van der Waals surface area contributed by atoms with Crippen LogP contribution >= 0.6 is 11.6 Å². The number of hydrogen-bond donors (Lipinski definition) is 0. The fourth-order valence-electron chi connectivity index (χ4n) is 3.23. The summed E-state index contributed by atoms with van der Waals surface area (Å²) in [5.74, 6) is -58.0. The first-order valence-corrected chi connectivity index (χ1v) is 6.98. The van der Waals surface area contributed by atoms with E-state index >= 15 is 0 Å². The van der Waals surface area contributed by atoms with Crippen LogP contribution in [0.5, 0.6) is 0 Å². The van der Waals surface area contributed by atoms with Gasteiger partial charge in [-0.3, -0.25) is 4.79 Å². The molecule has 19 heteroatoms. The topological polar surface area (TPSA) is 17.1 Å². The third kappa shape index (κ3) is 1.65. The molecule has 0 spiro atoms. The lowest BCUT2D eigenvalue weighted by atomic mass is 9.51. The van der Waals surface area contributed by atoms with Crippen molar-refractivity contribution in [2.45, 2.75) is 58.5 Å². The summed E-state index contributed by atoms with van der Waals surface area (Å²) in [6.07, 6.45) is 0. The lowest BCUT2D eigenvalue weighted by molar-refractivity contribution is -0.541. The van der Waals surface area contributed by atoms with Crippen molar-refractivity contribution >= 4 is 16.8 Å². The maximum Gasteiger partial charge on any atom is 0.382 e. The molecule has 2 fully saturated rings. The summed E-state index contributed by atoms with van der Waals surface area (Å²) in [5, 5.41) is -4.41. The molecule has 0 aromatic carbocycles. The molecule has 0 radical (unpaired) electrons. The van der Waals surface area contributed by atoms with Gasteiger partial charge < -0.3 is 0 Å². The van der Waals surface area contributed by atoms with Crippen molar-refractivity contribution in [1.29, 1.82) is 0 Å². The molecule has 0 aromatic heterocycles. The predicted octanol–water partition coefficient (Wildman–Crippen LogP) is 5.35. The summed E-state index contributed by atoms with van der Waals surface area (Å²) < 4.78 is 234. The van der Waals surface area contributed by atoms with Crippen molar-refractivity contribution in [2.75, 3.05) is 0 Å². The molecule has 2 rings (SSSR count). The molecular weight excluding hydrogens is 507 g/mol. The van der Waals surface area contributed by atoms with E-state index in [1.807, 2.05) is 0 Å². The fourth-order valence-corrected chi connectivity index (χ4v) is 3.48. The van der Waals surface area contributed by atoms with Crippen molar-refractivity contribution in [3.63, 3.8) is 0 Å². The summed E-state index contributed by atoms with van der Waals surface area (Å²) in [5.41, 5.74) is -24.9. The summed E-state index contributed by atoms with van der Waals surface area (Å²) in [6.45, 7) is 0. The second-order valence-electron chi connectivity index (χ2n) is 6.27. The smallest absolute Gasteiger partial charge is 0.277 e. The van der Waals surface area contributed by atoms with E-state index in [0.717, 1.165) is 0 Å². The van der Waals surface area contributed by atoms with Gasteiger partial charge in [-0.1, -0.05) is 0 Å². The van der Waals surface area contributed by atoms with E-state index in [1.165, 1.54) is 0 Å². The van der Waals surface area contributed by atoms with Gasteiger partial charge >= 0.3 is 41.5 Å². The highest BCUT2D eigenvalue weighted by molar-refractivity contribution is 6.65. The number of hydrogen-bond acceptors (Lipinski definition) is 1. The quantitative estimate of drug-likeness (QED) is 0.346. The van der Waals surface area contributed by atoms with Gasteiger partial charge in [0.2, 0.25) is 0 Å². The normalized spacial score (nSPS) is 44.1. The third-order valence-electron chi connectivity index (χ3n) is 4.92. The van der Waals surface area contributed by atoms with Crippen LogP contribution in [0.3, 0.4) is 0 Å². The summed E-state index contributed by atoms with van der Waals surface area (Å²) in [4.78, 5) is 10.8. The van der Waals surface area contributed by atoms with E-state index in [4.69, 9.17) is 0 Å². The van der Waals surface area contributed by atoms with E-state index < -0.39 is 63.7 Å². The van der Waals surface area contributed by atoms with Gasteiger partial charge in [0, 0.05) is 0 Å². The number of halogens is 18. The van der Waals surface area contributed by atoms with E-state index in [0.29, 0.717) is 0 Å². The highest BCUT2D eigenvalue weighted by Gasteiger charge is 3.15. The molecule has 0 heterocycles. The Morgan fingerprint density at radius 3 is 0.900 bits per heavy atom. The van der Waals surface area contributed by atoms with Gasteiger partial charge in [-0.05, 0) is 11.6 Å². The molecular formula is C11ClF17O. The molecule has 30 heavy (non-hydrogen) atoms. The molecule has 176 valence electrons. The number of alkyl halides is 17. The predicted molar refractivity (Wildman–Crippen MR) is 57.0 cm³/mol. The molecule has 0 aliphatic heterocycles. The molecule has 0 saturated heterocycles. The Kier molecular flexibility index (Phi) is 4.35. The van der Waals surface area contributed by atoms with Crippen LogP contribution in [-0.2, 0) is 4.79 Å². The first-order chi connectivity index (χ1) is 12.7. The summed E-state index contributed by atoms with van der Waals surface area (Å²) in [7, 11) is 0. The molecule has 3 unspecified atom stereocenters. The maximum absolute atomic E-state index is 14.8. The first-order valence-electron chi connectivity index (χ1n) is 6.61. The average Bonchev–Trinajstić information content (AvgIpc) is 2.55. The number of fused-ring (bicyclic) bond motifs is 1. The van der Waals surface area contributed by atoms with Crippen LogP contribution in [0.25, 0.3) is 0 Å². The Morgan fingerprint density at radius 2 is 0.633 bits per heavy atom. The van der Waals surface area contributed by atoms with Crippen molar-refractivity contribution in [3.8, 4) is 0 Å². The minimum Gasteiger partial charge on any atom is -0.277 e. The highest BCUT2D eigenvalue weighted by atomic mass is 35.5. The van der Waals surface area contributed by atoms with Crippen LogP contribution in [-0.4, -0.2) is 63.7 Å². The molecule has 1 nitrogen and oxygen atoms in total. The van der Waals surface area contributed by atoms with Gasteiger partial charge in [0.15, 0.2) is 0 Å². The van der Waals surface area contributed by atoms with Crippen LogP contribution in [0.1, 0.15) is 0 Å². The fraction of sp³-hybridized carbons (Fsp3) is 0.909. The van der Waals surface area contributed by atoms with Crippen molar-refractivity contribution < 1.29 is 79.4 Å². The monoisotopic (exact) mass is 506 g/mol. The highest BCUT2D eigenvalue weighted by Crippen LogP contribution is 2.81. The molecule has 2 aliphatic rings. The van der Waals surface area contributed by atoms with Crippen LogP contribution in [0.15, 0.2) is 0 Å². The van der Waals surface area contributed by atoms with Crippen molar-refractivity contribution in [2.24, 2.45) is 0 Å². The average molecular weight is 507 g/mol. The van der Waals surface area contributed by atoms with Crippen molar-refractivity contribution in [3.05, 3.63) is 0 Å². The van der Waals surface area contributed by atoms with Gasteiger partial charge in [-0.15, -0.1) is 0 Å². The zero-order valence-electron chi connectivity index (χ0n) is 12.7. The van der Waals surface area contributed by atoms with Gasteiger partial charge in [-0.25, -0.2) is 13.2 Å². The molecule has 2 saturated carbocycles. The van der Waals surface area contributed by atoms with Gasteiger partial charge in [0.1, 0.15) is 0 Å². The second-order valence-corrected chi connectivity index (χ2v) is 6.61. The van der Waals surface area contributed by atoms with E-state index in [2.05, 4.69) is 11.6 Å². The zero-order chi connectivity index (χ0) is 24.6. The van der Waals surface area contributed by atoms with Gasteiger partial charge in [-0.2, -0.15) is 61.5 Å². The standard InChI is InChI=1S/C11ClF17O/c12-1(30)2(13)3(14)4(15,7(20,21)9(24,25)5(2,16)17)8(22,23)11(28,29)10(26,27)6(3,18)19. The van der Waals surface area contributed by atoms with Crippen molar-refractivity contribution in [1.82, 2.24) is 0 Å². The Balaban J connectivity index is 3.34. The molecule has 2 aliphatic carbocycles. The van der Waals surface area contributed by atoms with Gasteiger partial charge in [0.05, 0.1) is 0 Å². The Labute approximate surface area is 156 Å². The number of carbonyl (C=O) groups excluding carboxylic acids is 1. The first kappa shape index (κ1) is 25.0. The Hall–Kier alpha value is -1.23.